The van der Waals surface area contributed by atoms with Crippen LogP contribution in [0.25, 0.3) is 0 Å². The third kappa shape index (κ3) is 7.28. The van der Waals surface area contributed by atoms with E-state index in [1.165, 1.54) is 6.08 Å². The Kier molecular flexibility index (Phi) is 11.5. The third-order valence-electron chi connectivity index (χ3n) is 7.08. The van der Waals surface area contributed by atoms with Crippen molar-refractivity contribution in [1.29, 1.82) is 0 Å². The van der Waals surface area contributed by atoms with E-state index in [4.69, 9.17) is 18.6 Å². The van der Waals surface area contributed by atoms with Crippen LogP contribution in [0.1, 0.15) is 59.9 Å². The molecule has 0 unspecified atom stereocenters. The van der Waals surface area contributed by atoms with Crippen molar-refractivity contribution in [1.82, 2.24) is 0 Å². The molecule has 2 rings (SSSR count). The maximum Gasteiger partial charge on any atom is 0.200 e. The van der Waals surface area contributed by atoms with Crippen LogP contribution in [-0.4, -0.2) is 51.6 Å². The Hall–Kier alpha value is -1.44. The van der Waals surface area contributed by atoms with E-state index in [-0.39, 0.29) is 12.2 Å². The van der Waals surface area contributed by atoms with Gasteiger partial charge in [-0.3, -0.25) is 0 Å². The van der Waals surface area contributed by atoms with Gasteiger partial charge in [-0.1, -0.05) is 71.9 Å². The summed E-state index contributed by atoms with van der Waals surface area (Å²) in [5, 5.41) is 10.8. The number of ether oxygens (including phenoxy) is 3. The van der Waals surface area contributed by atoms with E-state index in [0.717, 1.165) is 17.7 Å². The van der Waals surface area contributed by atoms with Crippen molar-refractivity contribution in [3.05, 3.63) is 54.6 Å². The summed E-state index contributed by atoms with van der Waals surface area (Å²) in [5.74, 6) is 0.813. The van der Waals surface area contributed by atoms with Crippen LogP contribution in [0.2, 0.25) is 16.6 Å². The summed E-state index contributed by atoms with van der Waals surface area (Å²) in [6.07, 6.45) is 5.47. The maximum absolute atomic E-state index is 10.8. The molecule has 1 heterocycles. The van der Waals surface area contributed by atoms with Gasteiger partial charge in [0.15, 0.2) is 8.32 Å². The summed E-state index contributed by atoms with van der Waals surface area (Å²) in [7, 11) is -0.357. The molecule has 34 heavy (non-hydrogen) atoms. The Balaban J connectivity index is 2.15. The van der Waals surface area contributed by atoms with Crippen molar-refractivity contribution < 1.29 is 23.7 Å². The molecule has 0 spiro atoms. The van der Waals surface area contributed by atoms with Crippen LogP contribution >= 0.6 is 0 Å². The Morgan fingerprint density at radius 3 is 2.15 bits per heavy atom. The van der Waals surface area contributed by atoms with Crippen molar-refractivity contribution in [2.24, 2.45) is 0 Å². The van der Waals surface area contributed by atoms with E-state index in [2.05, 4.69) is 60.3 Å². The molecule has 1 aromatic carbocycles. The Bertz CT molecular complexity index is 737. The highest BCUT2D eigenvalue weighted by Crippen LogP contribution is 2.42. The lowest BCUT2D eigenvalue weighted by Crippen LogP contribution is -2.50. The Labute approximate surface area is 208 Å². The predicted molar refractivity (Wildman–Crippen MR) is 142 cm³/mol. The summed E-state index contributed by atoms with van der Waals surface area (Å²) in [6, 6.07) is 7.82. The molecule has 1 aliphatic heterocycles. The number of benzene rings is 1. The summed E-state index contributed by atoms with van der Waals surface area (Å²) < 4.78 is 24.8. The topological polar surface area (TPSA) is 57.2 Å². The van der Waals surface area contributed by atoms with Gasteiger partial charge in [0.1, 0.15) is 18.0 Å². The predicted octanol–water partition coefficient (Wildman–Crippen LogP) is 6.42. The molecular formula is C28H46O5Si. The molecule has 0 saturated carbocycles. The first-order chi connectivity index (χ1) is 16.1. The average molecular weight is 491 g/mol. The minimum atomic E-state index is -2.01. The van der Waals surface area contributed by atoms with E-state index in [0.29, 0.717) is 36.3 Å². The summed E-state index contributed by atoms with van der Waals surface area (Å²) in [5.41, 5.74) is 2.56. The van der Waals surface area contributed by atoms with Crippen LogP contribution in [0.3, 0.4) is 0 Å². The first kappa shape index (κ1) is 28.8. The van der Waals surface area contributed by atoms with Gasteiger partial charge < -0.3 is 23.7 Å². The highest BCUT2D eigenvalue weighted by molar-refractivity contribution is 6.77. The SMILES string of the molecule is C=C[C@@H](O)[C@H]1O[C@H](CO[Si](C(C)C)(C(C)C)C(C)C)C/C=C\C[C@@H]1OCc1ccc(OC)cc1. The number of hydrogen-bond acceptors (Lipinski definition) is 5. The standard InChI is InChI=1S/C28H46O5Si/c1-9-26(29)28-27(31-18-23-14-16-24(30-8)17-15-23)13-11-10-12-25(33-28)19-32-34(20(2)3,21(4)5)22(6)7/h9-11,14-17,20-22,25-29H,1,12-13,18-19H2,2-8H3/b11-10-/t25-,26+,27-,28+/m0/s1. The average Bonchev–Trinajstić information content (AvgIpc) is 2.79. The molecule has 0 saturated heterocycles. The summed E-state index contributed by atoms with van der Waals surface area (Å²) in [6.45, 7) is 18.5. The molecule has 1 N–H and O–H groups in total. The fraction of sp³-hybridized carbons (Fsp3) is 0.643. The molecule has 6 heteroatoms. The van der Waals surface area contributed by atoms with Gasteiger partial charge in [0, 0.05) is 0 Å². The lowest BCUT2D eigenvalue weighted by atomic mass is 10.0. The van der Waals surface area contributed by atoms with Crippen molar-refractivity contribution in [3.8, 4) is 5.75 Å². The molecule has 0 aliphatic carbocycles. The van der Waals surface area contributed by atoms with Gasteiger partial charge in [-0.05, 0) is 47.2 Å². The van der Waals surface area contributed by atoms with Crippen molar-refractivity contribution >= 4 is 8.32 Å². The zero-order valence-electron chi connectivity index (χ0n) is 22.2. The normalized spacial score (nSPS) is 23.6. The molecule has 0 bridgehead atoms. The van der Waals surface area contributed by atoms with Crippen LogP contribution in [0.5, 0.6) is 5.75 Å². The largest absolute Gasteiger partial charge is 0.497 e. The highest BCUT2D eigenvalue weighted by Gasteiger charge is 2.45. The molecule has 0 fully saturated rings. The summed E-state index contributed by atoms with van der Waals surface area (Å²) in [4.78, 5) is 0. The Morgan fingerprint density at radius 2 is 1.62 bits per heavy atom. The third-order valence-corrected chi connectivity index (χ3v) is 13.2. The molecule has 192 valence electrons. The number of hydrogen-bond donors (Lipinski definition) is 1. The van der Waals surface area contributed by atoms with E-state index in [9.17, 15) is 5.11 Å². The molecule has 0 radical (unpaired) electrons. The second-order valence-corrected chi connectivity index (χ2v) is 15.7. The first-order valence-corrected chi connectivity index (χ1v) is 14.8. The fourth-order valence-electron chi connectivity index (χ4n) is 5.34. The second kappa shape index (κ2) is 13.6. The lowest BCUT2D eigenvalue weighted by Gasteiger charge is -2.43. The highest BCUT2D eigenvalue weighted by atomic mass is 28.4. The zero-order chi connectivity index (χ0) is 25.3. The van der Waals surface area contributed by atoms with Gasteiger partial charge in [0.05, 0.1) is 32.5 Å². The van der Waals surface area contributed by atoms with Crippen LogP contribution in [-0.2, 0) is 20.5 Å². The van der Waals surface area contributed by atoms with Crippen LogP contribution in [0, 0.1) is 0 Å². The molecular weight excluding hydrogens is 444 g/mol. The summed E-state index contributed by atoms with van der Waals surface area (Å²) >= 11 is 0. The van der Waals surface area contributed by atoms with E-state index in [1.807, 2.05) is 24.3 Å². The first-order valence-electron chi connectivity index (χ1n) is 12.6. The smallest absolute Gasteiger partial charge is 0.200 e. The lowest BCUT2D eigenvalue weighted by molar-refractivity contribution is -0.146. The van der Waals surface area contributed by atoms with Gasteiger partial charge in [0.2, 0.25) is 0 Å². The quantitative estimate of drug-likeness (QED) is 0.270. The molecule has 5 nitrogen and oxygen atoms in total. The molecule has 4 atom stereocenters. The molecule has 1 aliphatic rings. The van der Waals surface area contributed by atoms with Gasteiger partial charge in [-0.2, -0.15) is 0 Å². The van der Waals surface area contributed by atoms with Crippen molar-refractivity contribution in [2.75, 3.05) is 13.7 Å². The van der Waals surface area contributed by atoms with E-state index < -0.39 is 20.5 Å². The van der Waals surface area contributed by atoms with E-state index in [1.54, 1.807) is 7.11 Å². The zero-order valence-corrected chi connectivity index (χ0v) is 23.2. The second-order valence-electron chi connectivity index (χ2n) is 10.2. The minimum absolute atomic E-state index is 0.147. The number of aliphatic hydroxyl groups excluding tert-OH is 1. The van der Waals surface area contributed by atoms with E-state index >= 15 is 0 Å². The van der Waals surface area contributed by atoms with Gasteiger partial charge in [-0.15, -0.1) is 6.58 Å². The maximum atomic E-state index is 10.8. The van der Waals surface area contributed by atoms with Crippen LogP contribution < -0.4 is 4.74 Å². The number of aliphatic hydroxyl groups is 1. The number of rotatable bonds is 12. The monoisotopic (exact) mass is 490 g/mol. The number of methoxy groups -OCH3 is 1. The molecule has 0 aromatic heterocycles. The Morgan fingerprint density at radius 1 is 1.03 bits per heavy atom. The van der Waals surface area contributed by atoms with Crippen molar-refractivity contribution in [2.45, 2.75) is 102 Å². The van der Waals surface area contributed by atoms with Crippen LogP contribution in [0.15, 0.2) is 49.1 Å². The van der Waals surface area contributed by atoms with Gasteiger partial charge in [-0.25, -0.2) is 0 Å². The molecule has 0 amide bonds. The van der Waals surface area contributed by atoms with Crippen molar-refractivity contribution in [3.63, 3.8) is 0 Å². The minimum Gasteiger partial charge on any atom is -0.497 e. The fourth-order valence-corrected chi connectivity index (χ4v) is 10.8. The molecule has 1 aromatic rings. The van der Waals surface area contributed by atoms with Gasteiger partial charge in [0.25, 0.3) is 0 Å². The van der Waals surface area contributed by atoms with Crippen LogP contribution in [0.4, 0.5) is 0 Å². The van der Waals surface area contributed by atoms with Gasteiger partial charge >= 0.3 is 0 Å².